The van der Waals surface area contributed by atoms with Crippen molar-refractivity contribution in [3.05, 3.63) is 44.9 Å². The van der Waals surface area contributed by atoms with Gasteiger partial charge in [0.15, 0.2) is 9.84 Å². The molecule has 2 rings (SSSR count). The highest BCUT2D eigenvalue weighted by Crippen LogP contribution is 2.23. The van der Waals surface area contributed by atoms with E-state index in [-0.39, 0.29) is 26.2 Å². The lowest BCUT2D eigenvalue weighted by atomic mass is 10.4. The van der Waals surface area contributed by atoms with Crippen LogP contribution in [0.5, 0.6) is 0 Å². The number of rotatable bonds is 4. The number of aromatic nitrogens is 1. The van der Waals surface area contributed by atoms with Crippen LogP contribution in [0.25, 0.3) is 0 Å². The van der Waals surface area contributed by atoms with Crippen LogP contribution < -0.4 is 5.11 Å². The Labute approximate surface area is 124 Å². The molecule has 8 heteroatoms. The van der Waals surface area contributed by atoms with Gasteiger partial charge >= 0.3 is 0 Å². The van der Waals surface area contributed by atoms with E-state index >= 15 is 0 Å². The standard InChI is InChI=1S/C12H10ClNO4S2/c1-7-11(12(15)16)19-10(14-7)6-20(17,18)9-4-2-8(13)3-5-9/h2-5H,6H2,1H3,(H,15,16)/p-1. The summed E-state index contributed by atoms with van der Waals surface area (Å²) in [5.74, 6) is -1.71. The minimum atomic E-state index is -3.58. The Hall–Kier alpha value is -1.44. The second-order valence-electron chi connectivity index (χ2n) is 4.02. The van der Waals surface area contributed by atoms with Crippen molar-refractivity contribution in [1.82, 2.24) is 4.98 Å². The number of carboxylic acids is 1. The van der Waals surface area contributed by atoms with E-state index in [2.05, 4.69) is 4.98 Å². The summed E-state index contributed by atoms with van der Waals surface area (Å²) in [6.45, 7) is 1.50. The molecule has 0 aliphatic heterocycles. The summed E-state index contributed by atoms with van der Waals surface area (Å²) in [5.41, 5.74) is 0.260. The lowest BCUT2D eigenvalue weighted by molar-refractivity contribution is -0.254. The zero-order valence-electron chi connectivity index (χ0n) is 10.3. The molecule has 106 valence electrons. The van der Waals surface area contributed by atoms with Gasteiger partial charge in [0.1, 0.15) is 10.8 Å². The number of carbonyl (C=O) groups is 1. The molecule has 0 fully saturated rings. The summed E-state index contributed by atoms with van der Waals surface area (Å²) in [5, 5.41) is 11.5. The van der Waals surface area contributed by atoms with Crippen LogP contribution in [-0.2, 0) is 15.6 Å². The van der Waals surface area contributed by atoms with Crippen molar-refractivity contribution in [3.63, 3.8) is 0 Å². The average molecular weight is 331 g/mol. The third-order valence-electron chi connectivity index (χ3n) is 2.51. The first-order chi connectivity index (χ1) is 9.29. The van der Waals surface area contributed by atoms with Gasteiger partial charge in [-0.15, -0.1) is 11.3 Å². The molecular weight excluding hydrogens is 322 g/mol. The number of nitrogens with zero attached hydrogens (tertiary/aromatic N) is 1. The fourth-order valence-corrected chi connectivity index (χ4v) is 4.22. The highest BCUT2D eigenvalue weighted by molar-refractivity contribution is 7.90. The number of halogens is 1. The van der Waals surface area contributed by atoms with E-state index in [1.54, 1.807) is 0 Å². The number of carbonyl (C=O) groups excluding carboxylic acids is 1. The minimum Gasteiger partial charge on any atom is -0.544 e. The summed E-state index contributed by atoms with van der Waals surface area (Å²) >= 11 is 6.52. The van der Waals surface area contributed by atoms with Gasteiger partial charge in [0, 0.05) is 5.02 Å². The van der Waals surface area contributed by atoms with Crippen LogP contribution in [0.4, 0.5) is 0 Å². The fraction of sp³-hybridized carbons (Fsp3) is 0.167. The van der Waals surface area contributed by atoms with Crippen LogP contribution in [0.2, 0.25) is 5.02 Å². The maximum atomic E-state index is 12.2. The number of carboxylic acid groups (broad SMARTS) is 1. The molecule has 1 heterocycles. The van der Waals surface area contributed by atoms with Gasteiger partial charge in [-0.05, 0) is 31.2 Å². The maximum Gasteiger partial charge on any atom is 0.184 e. The van der Waals surface area contributed by atoms with Gasteiger partial charge in [0.2, 0.25) is 0 Å². The topological polar surface area (TPSA) is 87.2 Å². The Bertz CT molecular complexity index is 750. The van der Waals surface area contributed by atoms with Crippen LogP contribution in [0.15, 0.2) is 29.2 Å². The molecule has 0 aliphatic rings. The van der Waals surface area contributed by atoms with Crippen molar-refractivity contribution in [3.8, 4) is 0 Å². The summed E-state index contributed by atoms with van der Waals surface area (Å²) in [7, 11) is -3.58. The Morgan fingerprint density at radius 2 is 1.95 bits per heavy atom. The lowest BCUT2D eigenvalue weighted by Gasteiger charge is -2.02. The molecule has 0 radical (unpaired) electrons. The monoisotopic (exact) mass is 330 g/mol. The van der Waals surface area contributed by atoms with E-state index in [4.69, 9.17) is 11.6 Å². The third-order valence-corrected chi connectivity index (χ3v) is 5.73. The summed E-state index contributed by atoms with van der Waals surface area (Å²) < 4.78 is 24.3. The van der Waals surface area contributed by atoms with Crippen molar-refractivity contribution in [2.24, 2.45) is 0 Å². The van der Waals surface area contributed by atoms with Gasteiger partial charge in [-0.1, -0.05) is 11.6 Å². The number of aryl methyl sites for hydroxylation is 1. The molecule has 0 atom stereocenters. The fourth-order valence-electron chi connectivity index (χ4n) is 1.59. The number of sulfone groups is 1. The maximum absolute atomic E-state index is 12.2. The van der Waals surface area contributed by atoms with Gasteiger partial charge in [0.05, 0.1) is 21.4 Å². The molecule has 0 N–H and O–H groups in total. The molecule has 0 bridgehead atoms. The molecule has 0 saturated heterocycles. The van der Waals surface area contributed by atoms with Crippen molar-refractivity contribution in [1.29, 1.82) is 0 Å². The van der Waals surface area contributed by atoms with E-state index in [1.165, 1.54) is 31.2 Å². The molecule has 0 amide bonds. The summed E-state index contributed by atoms with van der Waals surface area (Å²) in [6.07, 6.45) is 0. The molecular formula is C12H9ClNO4S2-. The van der Waals surface area contributed by atoms with Crippen LogP contribution >= 0.6 is 22.9 Å². The van der Waals surface area contributed by atoms with Crippen molar-refractivity contribution < 1.29 is 18.3 Å². The van der Waals surface area contributed by atoms with Gasteiger partial charge < -0.3 is 9.90 Å². The van der Waals surface area contributed by atoms with Crippen LogP contribution in [0.1, 0.15) is 20.4 Å². The number of thiazole rings is 1. The molecule has 0 spiro atoms. The van der Waals surface area contributed by atoms with Gasteiger partial charge in [-0.3, -0.25) is 0 Å². The van der Waals surface area contributed by atoms with Gasteiger partial charge in [-0.25, -0.2) is 13.4 Å². The number of benzene rings is 1. The first kappa shape index (κ1) is 15.0. The Kier molecular flexibility index (Phi) is 4.12. The van der Waals surface area contributed by atoms with E-state index in [0.29, 0.717) is 5.02 Å². The number of aromatic carboxylic acids is 1. The first-order valence-corrected chi connectivity index (χ1v) is 8.30. The van der Waals surface area contributed by atoms with E-state index in [9.17, 15) is 18.3 Å². The summed E-state index contributed by atoms with van der Waals surface area (Å²) in [6, 6.07) is 5.76. The predicted molar refractivity (Wildman–Crippen MR) is 73.5 cm³/mol. The second-order valence-corrected chi connectivity index (χ2v) is 7.53. The largest absolute Gasteiger partial charge is 0.544 e. The molecule has 5 nitrogen and oxygen atoms in total. The van der Waals surface area contributed by atoms with Gasteiger partial charge in [-0.2, -0.15) is 0 Å². The molecule has 0 aliphatic carbocycles. The Morgan fingerprint density at radius 3 is 2.45 bits per heavy atom. The highest BCUT2D eigenvalue weighted by atomic mass is 35.5. The zero-order valence-corrected chi connectivity index (χ0v) is 12.7. The van der Waals surface area contributed by atoms with Crippen molar-refractivity contribution in [2.45, 2.75) is 17.6 Å². The lowest BCUT2D eigenvalue weighted by Crippen LogP contribution is -2.21. The van der Waals surface area contributed by atoms with E-state index < -0.39 is 15.8 Å². The molecule has 1 aromatic heterocycles. The number of hydrogen-bond donors (Lipinski definition) is 0. The Morgan fingerprint density at radius 1 is 1.35 bits per heavy atom. The minimum absolute atomic E-state index is 0.0497. The molecule has 0 saturated carbocycles. The number of hydrogen-bond acceptors (Lipinski definition) is 6. The zero-order chi connectivity index (χ0) is 14.9. The SMILES string of the molecule is Cc1nc(CS(=O)(=O)c2ccc(Cl)cc2)sc1C(=O)[O-]. The van der Waals surface area contributed by atoms with Crippen LogP contribution in [0.3, 0.4) is 0 Å². The molecule has 1 aromatic carbocycles. The first-order valence-electron chi connectivity index (χ1n) is 5.45. The van der Waals surface area contributed by atoms with Crippen molar-refractivity contribution >= 4 is 38.7 Å². The second kappa shape index (κ2) is 5.51. The quantitative estimate of drug-likeness (QED) is 0.846. The molecule has 2 aromatic rings. The smallest absolute Gasteiger partial charge is 0.184 e. The van der Waals surface area contributed by atoms with E-state index in [1.807, 2.05) is 0 Å². The molecule has 20 heavy (non-hydrogen) atoms. The van der Waals surface area contributed by atoms with E-state index in [0.717, 1.165) is 11.3 Å². The third kappa shape index (κ3) is 3.17. The predicted octanol–water partition coefficient (Wildman–Crippen LogP) is 1.44. The van der Waals surface area contributed by atoms with Crippen molar-refractivity contribution in [2.75, 3.05) is 0 Å². The normalized spacial score (nSPS) is 11.5. The summed E-state index contributed by atoms with van der Waals surface area (Å²) in [4.78, 5) is 14.8. The Balaban J connectivity index is 2.31. The highest BCUT2D eigenvalue weighted by Gasteiger charge is 2.19. The van der Waals surface area contributed by atoms with Crippen LogP contribution in [-0.4, -0.2) is 19.4 Å². The van der Waals surface area contributed by atoms with Crippen LogP contribution in [0, 0.1) is 6.92 Å². The molecule has 0 unspecified atom stereocenters. The van der Waals surface area contributed by atoms with Gasteiger partial charge in [0.25, 0.3) is 0 Å². The average Bonchev–Trinajstić information content (AvgIpc) is 2.70.